The first-order valence-corrected chi connectivity index (χ1v) is 9.20. The molecule has 3 rings (SSSR count). The third kappa shape index (κ3) is 3.87. The molecule has 0 saturated carbocycles. The number of ether oxygens (including phenoxy) is 1. The quantitative estimate of drug-likeness (QED) is 0.647. The molecule has 2 saturated heterocycles. The zero-order valence-electron chi connectivity index (χ0n) is 13.4. The number of carbonyl (C=O) groups excluding carboxylic acids is 1. The summed E-state index contributed by atoms with van der Waals surface area (Å²) in [5.74, 6) is 1.61. The Morgan fingerprint density at radius 2 is 2.22 bits per heavy atom. The molecule has 8 heteroatoms. The maximum absolute atomic E-state index is 12.5. The van der Waals surface area contributed by atoms with Gasteiger partial charge in [0.15, 0.2) is 5.16 Å². The van der Waals surface area contributed by atoms with Crippen molar-refractivity contribution < 1.29 is 9.53 Å². The number of hydrogen-bond donors (Lipinski definition) is 1. The number of amides is 1. The molecule has 23 heavy (non-hydrogen) atoms. The fourth-order valence-corrected chi connectivity index (χ4v) is 3.42. The first-order valence-electron chi connectivity index (χ1n) is 7.97. The molecule has 7 nitrogen and oxygen atoms in total. The molecule has 2 aliphatic rings. The van der Waals surface area contributed by atoms with Crippen LogP contribution in [0.15, 0.2) is 11.2 Å². The zero-order chi connectivity index (χ0) is 16.2. The standard InChI is InChI=1S/C15H23N5O2S/c1-23-15-17-12(16)9-13(18-15)19-4-2-5-20(7-6-19)14(21)11-3-8-22-10-11/h9,11H,2-8,10H2,1H3,(H2,16,17,18). The summed E-state index contributed by atoms with van der Waals surface area (Å²) in [6.07, 6.45) is 3.71. The molecule has 1 amide bonds. The van der Waals surface area contributed by atoms with Crippen molar-refractivity contribution in [3.63, 3.8) is 0 Å². The summed E-state index contributed by atoms with van der Waals surface area (Å²) in [4.78, 5) is 25.4. The number of anilines is 2. The Morgan fingerprint density at radius 1 is 1.35 bits per heavy atom. The number of hydrogen-bond acceptors (Lipinski definition) is 7. The Balaban J connectivity index is 1.66. The van der Waals surface area contributed by atoms with Crippen LogP contribution in [0.4, 0.5) is 11.6 Å². The van der Waals surface area contributed by atoms with Gasteiger partial charge in [0.2, 0.25) is 5.91 Å². The van der Waals surface area contributed by atoms with Crippen LogP contribution in [0.25, 0.3) is 0 Å². The molecule has 3 heterocycles. The molecule has 0 aliphatic carbocycles. The Hall–Kier alpha value is -1.54. The molecule has 1 atom stereocenters. The minimum atomic E-state index is 0.0411. The highest BCUT2D eigenvalue weighted by Gasteiger charge is 2.29. The highest BCUT2D eigenvalue weighted by atomic mass is 32.2. The molecule has 1 aromatic heterocycles. The molecular formula is C15H23N5O2S. The topological polar surface area (TPSA) is 84.6 Å². The number of nitrogen functional groups attached to an aromatic ring is 1. The first-order chi connectivity index (χ1) is 11.2. The normalized spacial score (nSPS) is 22.2. The van der Waals surface area contributed by atoms with Gasteiger partial charge in [-0.15, -0.1) is 0 Å². The van der Waals surface area contributed by atoms with Crippen LogP contribution >= 0.6 is 11.8 Å². The fraction of sp³-hybridized carbons (Fsp3) is 0.667. The smallest absolute Gasteiger partial charge is 0.228 e. The van der Waals surface area contributed by atoms with Gasteiger partial charge in [0.1, 0.15) is 11.6 Å². The number of nitrogens with two attached hydrogens (primary N) is 1. The summed E-state index contributed by atoms with van der Waals surface area (Å²) in [5, 5.41) is 0.681. The lowest BCUT2D eigenvalue weighted by Crippen LogP contribution is -2.39. The third-order valence-electron chi connectivity index (χ3n) is 4.30. The highest BCUT2D eigenvalue weighted by Crippen LogP contribution is 2.21. The van der Waals surface area contributed by atoms with E-state index in [2.05, 4.69) is 14.9 Å². The van der Waals surface area contributed by atoms with Crippen molar-refractivity contribution in [1.82, 2.24) is 14.9 Å². The second kappa shape index (κ2) is 7.35. The Bertz CT molecular complexity index is 565. The van der Waals surface area contributed by atoms with Gasteiger partial charge in [0.25, 0.3) is 0 Å². The predicted molar refractivity (Wildman–Crippen MR) is 90.6 cm³/mol. The molecule has 126 valence electrons. The predicted octanol–water partition coefficient (Wildman–Crippen LogP) is 0.856. The van der Waals surface area contributed by atoms with E-state index in [1.807, 2.05) is 17.2 Å². The average molecular weight is 337 g/mol. The lowest BCUT2D eigenvalue weighted by atomic mass is 10.1. The molecule has 2 N–H and O–H groups in total. The summed E-state index contributed by atoms with van der Waals surface area (Å²) in [6, 6.07) is 1.81. The van der Waals surface area contributed by atoms with Gasteiger partial charge in [-0.1, -0.05) is 11.8 Å². The van der Waals surface area contributed by atoms with E-state index in [0.717, 1.165) is 38.3 Å². The summed E-state index contributed by atoms with van der Waals surface area (Å²) >= 11 is 1.48. The van der Waals surface area contributed by atoms with Crippen LogP contribution in [0.3, 0.4) is 0 Å². The van der Waals surface area contributed by atoms with Gasteiger partial charge in [-0.2, -0.15) is 0 Å². The van der Waals surface area contributed by atoms with Crippen LogP contribution in [0.5, 0.6) is 0 Å². The maximum Gasteiger partial charge on any atom is 0.228 e. The van der Waals surface area contributed by atoms with Gasteiger partial charge < -0.3 is 20.3 Å². The number of rotatable bonds is 3. The number of carbonyl (C=O) groups is 1. The molecule has 2 fully saturated rings. The van der Waals surface area contributed by atoms with Gasteiger partial charge >= 0.3 is 0 Å². The number of nitrogens with zero attached hydrogens (tertiary/aromatic N) is 4. The van der Waals surface area contributed by atoms with Crippen LogP contribution in [0.1, 0.15) is 12.8 Å². The van der Waals surface area contributed by atoms with Gasteiger partial charge in [-0.05, 0) is 19.1 Å². The minimum Gasteiger partial charge on any atom is -0.383 e. The third-order valence-corrected chi connectivity index (χ3v) is 4.85. The SMILES string of the molecule is CSc1nc(N)cc(N2CCCN(C(=O)C3CCOC3)CC2)n1. The van der Waals surface area contributed by atoms with Crippen molar-refractivity contribution in [3.05, 3.63) is 6.07 Å². The van der Waals surface area contributed by atoms with E-state index >= 15 is 0 Å². The number of thioether (sulfide) groups is 1. The molecule has 0 aromatic carbocycles. The minimum absolute atomic E-state index is 0.0411. The van der Waals surface area contributed by atoms with E-state index < -0.39 is 0 Å². The summed E-state index contributed by atoms with van der Waals surface area (Å²) in [5.41, 5.74) is 5.87. The Labute approximate surface area is 140 Å². The van der Waals surface area contributed by atoms with Gasteiger partial charge in [-0.25, -0.2) is 9.97 Å². The Morgan fingerprint density at radius 3 is 2.96 bits per heavy atom. The summed E-state index contributed by atoms with van der Waals surface area (Å²) < 4.78 is 5.34. The monoisotopic (exact) mass is 337 g/mol. The molecule has 1 unspecified atom stereocenters. The molecule has 0 spiro atoms. The average Bonchev–Trinajstić information content (AvgIpc) is 2.98. The van der Waals surface area contributed by atoms with Crippen molar-refractivity contribution in [3.8, 4) is 0 Å². The van der Waals surface area contributed by atoms with E-state index in [9.17, 15) is 4.79 Å². The molecule has 0 bridgehead atoms. The van der Waals surface area contributed by atoms with Crippen molar-refractivity contribution in [2.24, 2.45) is 5.92 Å². The van der Waals surface area contributed by atoms with Crippen molar-refractivity contribution in [2.75, 3.05) is 56.3 Å². The van der Waals surface area contributed by atoms with E-state index in [4.69, 9.17) is 10.5 Å². The molecule has 0 radical (unpaired) electrons. The lowest BCUT2D eigenvalue weighted by Gasteiger charge is -2.24. The molecular weight excluding hydrogens is 314 g/mol. The largest absolute Gasteiger partial charge is 0.383 e. The number of aromatic nitrogens is 2. The summed E-state index contributed by atoms with van der Waals surface area (Å²) in [6.45, 7) is 4.42. The second-order valence-corrected chi connectivity index (χ2v) is 6.64. The van der Waals surface area contributed by atoms with Crippen LogP contribution in [0.2, 0.25) is 0 Å². The van der Waals surface area contributed by atoms with Crippen LogP contribution in [-0.2, 0) is 9.53 Å². The second-order valence-electron chi connectivity index (χ2n) is 5.86. The van der Waals surface area contributed by atoms with Crippen LogP contribution < -0.4 is 10.6 Å². The van der Waals surface area contributed by atoms with Gasteiger partial charge in [0.05, 0.1) is 12.5 Å². The van der Waals surface area contributed by atoms with E-state index in [0.29, 0.717) is 30.7 Å². The zero-order valence-corrected chi connectivity index (χ0v) is 14.2. The van der Waals surface area contributed by atoms with Crippen molar-refractivity contribution >= 4 is 29.3 Å². The summed E-state index contributed by atoms with van der Waals surface area (Å²) in [7, 11) is 0. The molecule has 2 aliphatic heterocycles. The van der Waals surface area contributed by atoms with Crippen molar-refractivity contribution in [2.45, 2.75) is 18.0 Å². The Kier molecular flexibility index (Phi) is 5.22. The fourth-order valence-electron chi connectivity index (χ4n) is 3.04. The first kappa shape index (κ1) is 16.3. The van der Waals surface area contributed by atoms with E-state index in [1.54, 1.807) is 0 Å². The lowest BCUT2D eigenvalue weighted by molar-refractivity contribution is -0.135. The molecule has 1 aromatic rings. The van der Waals surface area contributed by atoms with Crippen molar-refractivity contribution in [1.29, 1.82) is 0 Å². The van der Waals surface area contributed by atoms with Gasteiger partial charge in [0, 0.05) is 38.9 Å². The van der Waals surface area contributed by atoms with E-state index in [1.165, 1.54) is 11.8 Å². The van der Waals surface area contributed by atoms with E-state index in [-0.39, 0.29) is 11.8 Å². The van der Waals surface area contributed by atoms with Gasteiger partial charge in [-0.3, -0.25) is 4.79 Å². The maximum atomic E-state index is 12.5. The van der Waals surface area contributed by atoms with Crippen LogP contribution in [0, 0.1) is 5.92 Å². The van der Waals surface area contributed by atoms with Crippen LogP contribution in [-0.4, -0.2) is 66.4 Å². The highest BCUT2D eigenvalue weighted by molar-refractivity contribution is 7.98.